The van der Waals surface area contributed by atoms with Gasteiger partial charge >= 0.3 is 0 Å². The van der Waals surface area contributed by atoms with E-state index in [-0.39, 0.29) is 10.9 Å². The molecule has 3 atom stereocenters. The Balaban J connectivity index is 2.72. The van der Waals surface area contributed by atoms with Crippen LogP contribution in [0.4, 0.5) is 0 Å². The van der Waals surface area contributed by atoms with E-state index in [4.69, 9.17) is 0 Å². The molecule has 1 aliphatic rings. The van der Waals surface area contributed by atoms with E-state index in [1.54, 1.807) is 0 Å². The fourth-order valence-electron chi connectivity index (χ4n) is 1.82. The SMILES string of the molecule is C=C(C)C1(S)CCC(C)CC1O. The van der Waals surface area contributed by atoms with Gasteiger partial charge in [0.25, 0.3) is 0 Å². The fraction of sp³-hybridized carbons (Fsp3) is 0.800. The Morgan fingerprint density at radius 1 is 1.67 bits per heavy atom. The minimum absolute atomic E-state index is 0.318. The van der Waals surface area contributed by atoms with Gasteiger partial charge in [0.1, 0.15) is 0 Å². The minimum atomic E-state index is -0.327. The van der Waals surface area contributed by atoms with E-state index in [1.807, 2.05) is 6.92 Å². The number of hydrogen-bond acceptors (Lipinski definition) is 2. The van der Waals surface area contributed by atoms with Crippen molar-refractivity contribution in [2.24, 2.45) is 5.92 Å². The molecule has 0 aromatic carbocycles. The molecule has 70 valence electrons. The van der Waals surface area contributed by atoms with Gasteiger partial charge in [-0.2, -0.15) is 12.6 Å². The van der Waals surface area contributed by atoms with E-state index in [1.165, 1.54) is 0 Å². The van der Waals surface area contributed by atoms with Crippen LogP contribution in [0.15, 0.2) is 12.2 Å². The number of thiol groups is 1. The quantitative estimate of drug-likeness (QED) is 0.476. The van der Waals surface area contributed by atoms with E-state index in [0.717, 1.165) is 24.8 Å². The molecule has 1 aliphatic carbocycles. The normalized spacial score (nSPS) is 42.7. The number of aliphatic hydroxyl groups excluding tert-OH is 1. The Morgan fingerprint density at radius 3 is 2.67 bits per heavy atom. The van der Waals surface area contributed by atoms with Gasteiger partial charge in [-0.3, -0.25) is 0 Å². The fourth-order valence-corrected chi connectivity index (χ4v) is 2.06. The summed E-state index contributed by atoms with van der Waals surface area (Å²) in [4.78, 5) is 0. The first-order valence-corrected chi connectivity index (χ1v) is 4.98. The third-order valence-corrected chi connectivity index (χ3v) is 3.84. The highest BCUT2D eigenvalue weighted by molar-refractivity contribution is 7.82. The molecular weight excluding hydrogens is 168 g/mol. The lowest BCUT2D eigenvalue weighted by atomic mass is 9.77. The van der Waals surface area contributed by atoms with Crippen molar-refractivity contribution in [3.8, 4) is 0 Å². The van der Waals surface area contributed by atoms with E-state index in [2.05, 4.69) is 26.1 Å². The standard InChI is InChI=1S/C10H18OS/c1-7(2)10(12)5-4-8(3)6-9(10)11/h8-9,11-12H,1,4-6H2,2-3H3. The predicted octanol–water partition coefficient (Wildman–Crippen LogP) is 2.41. The largest absolute Gasteiger partial charge is 0.391 e. The van der Waals surface area contributed by atoms with Crippen LogP contribution >= 0.6 is 12.6 Å². The van der Waals surface area contributed by atoms with Crippen molar-refractivity contribution in [1.29, 1.82) is 0 Å². The number of rotatable bonds is 1. The Labute approximate surface area is 80.3 Å². The Hall–Kier alpha value is 0.0500. The van der Waals surface area contributed by atoms with E-state index >= 15 is 0 Å². The molecule has 0 saturated heterocycles. The van der Waals surface area contributed by atoms with Crippen LogP contribution < -0.4 is 0 Å². The molecule has 1 saturated carbocycles. The van der Waals surface area contributed by atoms with Gasteiger partial charge in [-0.1, -0.05) is 19.1 Å². The van der Waals surface area contributed by atoms with E-state index in [9.17, 15) is 5.11 Å². The zero-order chi connectivity index (χ0) is 9.35. The van der Waals surface area contributed by atoms with Gasteiger partial charge < -0.3 is 5.11 Å². The topological polar surface area (TPSA) is 20.2 Å². The second-order valence-electron chi connectivity index (χ2n) is 4.10. The van der Waals surface area contributed by atoms with Crippen molar-refractivity contribution in [2.75, 3.05) is 0 Å². The number of hydrogen-bond donors (Lipinski definition) is 2. The van der Waals surface area contributed by atoms with E-state index < -0.39 is 0 Å². The van der Waals surface area contributed by atoms with Crippen LogP contribution in [0.3, 0.4) is 0 Å². The molecule has 0 bridgehead atoms. The summed E-state index contributed by atoms with van der Waals surface area (Å²) < 4.78 is -0.327. The van der Waals surface area contributed by atoms with Gasteiger partial charge in [0.15, 0.2) is 0 Å². The van der Waals surface area contributed by atoms with Crippen LogP contribution in [-0.2, 0) is 0 Å². The average molecular weight is 186 g/mol. The molecule has 1 fully saturated rings. The smallest absolute Gasteiger partial charge is 0.0724 e. The predicted molar refractivity (Wildman–Crippen MR) is 55.6 cm³/mol. The van der Waals surface area contributed by atoms with Crippen molar-refractivity contribution in [1.82, 2.24) is 0 Å². The van der Waals surface area contributed by atoms with Gasteiger partial charge in [-0.25, -0.2) is 0 Å². The average Bonchev–Trinajstić information content (AvgIpc) is 1.97. The molecule has 12 heavy (non-hydrogen) atoms. The van der Waals surface area contributed by atoms with Gasteiger partial charge in [0.2, 0.25) is 0 Å². The van der Waals surface area contributed by atoms with Gasteiger partial charge in [-0.15, -0.1) is 0 Å². The molecule has 1 N–H and O–H groups in total. The van der Waals surface area contributed by atoms with Crippen molar-refractivity contribution in [2.45, 2.75) is 44.0 Å². The third-order valence-electron chi connectivity index (χ3n) is 2.93. The molecule has 1 rings (SSSR count). The molecule has 3 unspecified atom stereocenters. The summed E-state index contributed by atoms with van der Waals surface area (Å²) in [5, 5.41) is 9.83. The van der Waals surface area contributed by atoms with Crippen LogP contribution in [0, 0.1) is 5.92 Å². The van der Waals surface area contributed by atoms with Gasteiger partial charge in [-0.05, 0) is 32.1 Å². The summed E-state index contributed by atoms with van der Waals surface area (Å²) >= 11 is 4.53. The van der Waals surface area contributed by atoms with Crippen LogP contribution in [-0.4, -0.2) is 16.0 Å². The first-order chi connectivity index (χ1) is 5.47. The summed E-state index contributed by atoms with van der Waals surface area (Å²) in [5.41, 5.74) is 0.991. The van der Waals surface area contributed by atoms with Crippen molar-refractivity contribution in [3.05, 3.63) is 12.2 Å². The monoisotopic (exact) mass is 186 g/mol. The highest BCUT2D eigenvalue weighted by atomic mass is 32.1. The second kappa shape index (κ2) is 3.43. The summed E-state index contributed by atoms with van der Waals surface area (Å²) in [6, 6.07) is 0. The maximum absolute atomic E-state index is 9.83. The Kier molecular flexibility index (Phi) is 2.89. The molecule has 0 aromatic rings. The molecule has 0 heterocycles. The molecule has 0 spiro atoms. The third kappa shape index (κ3) is 1.69. The maximum Gasteiger partial charge on any atom is 0.0724 e. The molecule has 0 amide bonds. The van der Waals surface area contributed by atoms with Crippen LogP contribution in [0.5, 0.6) is 0 Å². The van der Waals surface area contributed by atoms with Crippen LogP contribution in [0.2, 0.25) is 0 Å². The second-order valence-corrected chi connectivity index (χ2v) is 4.90. The molecule has 0 radical (unpaired) electrons. The maximum atomic E-state index is 9.83. The Morgan fingerprint density at radius 2 is 2.25 bits per heavy atom. The molecular formula is C10H18OS. The molecule has 2 heteroatoms. The highest BCUT2D eigenvalue weighted by Gasteiger charge is 2.39. The zero-order valence-corrected chi connectivity index (χ0v) is 8.77. The molecule has 0 aliphatic heterocycles. The summed E-state index contributed by atoms with van der Waals surface area (Å²) in [5.74, 6) is 0.625. The lowest BCUT2D eigenvalue weighted by molar-refractivity contribution is 0.0835. The van der Waals surface area contributed by atoms with Crippen molar-refractivity contribution < 1.29 is 5.11 Å². The summed E-state index contributed by atoms with van der Waals surface area (Å²) in [7, 11) is 0. The minimum Gasteiger partial charge on any atom is -0.391 e. The first kappa shape index (κ1) is 10.1. The molecule has 0 aromatic heterocycles. The van der Waals surface area contributed by atoms with Crippen molar-refractivity contribution in [3.63, 3.8) is 0 Å². The van der Waals surface area contributed by atoms with E-state index in [0.29, 0.717) is 5.92 Å². The van der Waals surface area contributed by atoms with Crippen molar-refractivity contribution >= 4 is 12.6 Å². The van der Waals surface area contributed by atoms with Gasteiger partial charge in [0, 0.05) is 0 Å². The highest BCUT2D eigenvalue weighted by Crippen LogP contribution is 2.41. The number of aliphatic hydroxyl groups is 1. The van der Waals surface area contributed by atoms with Gasteiger partial charge in [0.05, 0.1) is 10.9 Å². The first-order valence-electron chi connectivity index (χ1n) is 4.53. The molecule has 1 nitrogen and oxygen atoms in total. The summed E-state index contributed by atoms with van der Waals surface area (Å²) in [6.45, 7) is 8.02. The Bertz CT molecular complexity index is 190. The summed E-state index contributed by atoms with van der Waals surface area (Å²) in [6.07, 6.45) is 2.64. The zero-order valence-electron chi connectivity index (χ0n) is 7.88. The van der Waals surface area contributed by atoms with Crippen LogP contribution in [0.1, 0.15) is 33.1 Å². The lowest BCUT2D eigenvalue weighted by Crippen LogP contribution is -2.42. The lowest BCUT2D eigenvalue weighted by Gasteiger charge is -2.40. The van der Waals surface area contributed by atoms with Crippen LogP contribution in [0.25, 0.3) is 0 Å².